The van der Waals surface area contributed by atoms with Gasteiger partial charge in [0.2, 0.25) is 5.95 Å². The van der Waals surface area contributed by atoms with E-state index in [0.29, 0.717) is 10.6 Å². The molecule has 1 aromatic carbocycles. The molecule has 126 valence electrons. The molecule has 0 saturated carbocycles. The van der Waals surface area contributed by atoms with E-state index in [4.69, 9.17) is 11.6 Å². The highest BCUT2D eigenvalue weighted by atomic mass is 35.5. The maximum absolute atomic E-state index is 13.0. The second-order valence-electron chi connectivity index (χ2n) is 4.37. The van der Waals surface area contributed by atoms with Crippen LogP contribution >= 0.6 is 11.6 Å². The molecule has 0 radical (unpaired) electrons. The average Bonchev–Trinajstić information content (AvgIpc) is 2.53. The van der Waals surface area contributed by atoms with E-state index in [0.717, 1.165) is 13.3 Å². The van der Waals surface area contributed by atoms with Crippen molar-refractivity contribution in [2.75, 3.05) is 12.5 Å². The molecule has 0 bridgehead atoms. The van der Waals surface area contributed by atoms with E-state index < -0.39 is 29.4 Å². The van der Waals surface area contributed by atoms with Gasteiger partial charge in [0, 0.05) is 11.2 Å². The number of hydrazone groups is 1. The van der Waals surface area contributed by atoms with Crippen LogP contribution in [0.3, 0.4) is 0 Å². The monoisotopic (exact) mass is 358 g/mol. The smallest absolute Gasteiger partial charge is 0.434 e. The minimum absolute atomic E-state index is 0.423. The normalized spacial score (nSPS) is 11.5. The van der Waals surface area contributed by atoms with Crippen molar-refractivity contribution < 1.29 is 22.7 Å². The predicted molar refractivity (Wildman–Crippen MR) is 81.0 cm³/mol. The van der Waals surface area contributed by atoms with Crippen molar-refractivity contribution in [2.24, 2.45) is 5.10 Å². The minimum Gasteiger partial charge on any atom is -0.465 e. The number of hydrogen-bond acceptors (Lipinski definition) is 6. The summed E-state index contributed by atoms with van der Waals surface area (Å²) in [7, 11) is 0.962. The topological polar surface area (TPSA) is 76.5 Å². The molecule has 0 spiro atoms. The number of esters is 1. The Morgan fingerprint density at radius 2 is 2.17 bits per heavy atom. The zero-order valence-electron chi connectivity index (χ0n) is 12.1. The maximum atomic E-state index is 13.0. The molecule has 0 atom stereocenters. The van der Waals surface area contributed by atoms with Gasteiger partial charge in [0.15, 0.2) is 5.69 Å². The second kappa shape index (κ2) is 7.26. The van der Waals surface area contributed by atoms with Crippen LogP contribution in [0.1, 0.15) is 21.6 Å². The minimum atomic E-state index is -4.85. The van der Waals surface area contributed by atoms with Crippen molar-refractivity contribution >= 4 is 29.7 Å². The van der Waals surface area contributed by atoms with Crippen LogP contribution in [0.2, 0.25) is 5.02 Å². The molecule has 0 saturated heterocycles. The molecule has 0 aliphatic rings. The zero-order valence-corrected chi connectivity index (χ0v) is 12.9. The van der Waals surface area contributed by atoms with Gasteiger partial charge in [-0.05, 0) is 17.7 Å². The van der Waals surface area contributed by atoms with E-state index in [1.807, 2.05) is 0 Å². The molecule has 0 fully saturated rings. The fourth-order valence-electron chi connectivity index (χ4n) is 1.66. The number of halogens is 4. The number of ether oxygens (including phenoxy) is 1. The highest BCUT2D eigenvalue weighted by Crippen LogP contribution is 2.31. The number of benzene rings is 1. The fourth-order valence-corrected chi connectivity index (χ4v) is 1.86. The maximum Gasteiger partial charge on any atom is 0.434 e. The Bertz CT molecular complexity index is 781. The number of nitrogens with zero attached hydrogens (tertiary/aromatic N) is 3. The summed E-state index contributed by atoms with van der Waals surface area (Å²) < 4.78 is 43.2. The Morgan fingerprint density at radius 1 is 1.42 bits per heavy atom. The summed E-state index contributed by atoms with van der Waals surface area (Å²) in [4.78, 5) is 18.2. The van der Waals surface area contributed by atoms with E-state index in [1.54, 1.807) is 24.3 Å². The summed E-state index contributed by atoms with van der Waals surface area (Å²) in [5.74, 6) is -1.61. The van der Waals surface area contributed by atoms with Gasteiger partial charge in [-0.1, -0.05) is 23.7 Å². The molecular formula is C14H10ClF3N4O2. The van der Waals surface area contributed by atoms with Crippen LogP contribution < -0.4 is 5.43 Å². The molecule has 0 unspecified atom stereocenters. The number of carbonyl (C=O) groups is 1. The third kappa shape index (κ3) is 4.42. The van der Waals surface area contributed by atoms with Crippen molar-refractivity contribution in [3.05, 3.63) is 52.3 Å². The molecule has 10 heteroatoms. The molecule has 2 aromatic rings. The van der Waals surface area contributed by atoms with Crippen LogP contribution in [0.25, 0.3) is 0 Å². The quantitative estimate of drug-likeness (QED) is 0.515. The van der Waals surface area contributed by atoms with Gasteiger partial charge in [0.25, 0.3) is 0 Å². The molecule has 0 amide bonds. The first-order chi connectivity index (χ1) is 11.3. The number of aromatic nitrogens is 2. The predicted octanol–water partition coefficient (Wildman–Crippen LogP) is 3.38. The Morgan fingerprint density at radius 3 is 2.79 bits per heavy atom. The molecule has 2 rings (SSSR count). The summed E-state index contributed by atoms with van der Waals surface area (Å²) in [6, 6.07) is 6.65. The van der Waals surface area contributed by atoms with Crippen molar-refractivity contribution in [2.45, 2.75) is 6.18 Å². The lowest BCUT2D eigenvalue weighted by Gasteiger charge is -2.10. The number of alkyl halides is 3. The highest BCUT2D eigenvalue weighted by Gasteiger charge is 2.38. The molecule has 6 nitrogen and oxygen atoms in total. The number of methoxy groups -OCH3 is 1. The largest absolute Gasteiger partial charge is 0.465 e. The lowest BCUT2D eigenvalue weighted by atomic mass is 10.2. The number of nitrogens with one attached hydrogen (secondary N) is 1. The van der Waals surface area contributed by atoms with Crippen molar-refractivity contribution in [3.8, 4) is 0 Å². The lowest BCUT2D eigenvalue weighted by molar-refractivity contribution is -0.141. The zero-order chi connectivity index (χ0) is 17.7. The number of rotatable bonds is 4. The molecule has 1 heterocycles. The molecule has 1 N–H and O–H groups in total. The number of carbonyl (C=O) groups excluding carboxylic acids is 1. The van der Waals surface area contributed by atoms with Crippen LogP contribution in [-0.2, 0) is 10.9 Å². The van der Waals surface area contributed by atoms with Gasteiger partial charge < -0.3 is 4.74 Å². The molecule has 24 heavy (non-hydrogen) atoms. The molecule has 0 aliphatic carbocycles. The van der Waals surface area contributed by atoms with Crippen LogP contribution in [-0.4, -0.2) is 29.3 Å². The Balaban J connectivity index is 2.24. The fraction of sp³-hybridized carbons (Fsp3) is 0.143. The first-order valence-electron chi connectivity index (χ1n) is 6.38. The van der Waals surface area contributed by atoms with E-state index in [9.17, 15) is 18.0 Å². The third-order valence-electron chi connectivity index (χ3n) is 2.69. The van der Waals surface area contributed by atoms with Crippen LogP contribution in [0.5, 0.6) is 0 Å². The Kier molecular flexibility index (Phi) is 5.35. The standard InChI is InChI=1S/C14H10ClF3N4O2/c1-24-12(23)10-7-19-13(21-11(10)14(16,17)18)22-20-6-8-3-2-4-9(15)5-8/h2-7H,1H3,(H,19,21,22)/b20-6+. The third-order valence-corrected chi connectivity index (χ3v) is 2.92. The first-order valence-corrected chi connectivity index (χ1v) is 6.76. The van der Waals surface area contributed by atoms with Crippen LogP contribution in [0, 0.1) is 0 Å². The number of hydrogen-bond donors (Lipinski definition) is 1. The summed E-state index contributed by atoms with van der Waals surface area (Å²) in [6.07, 6.45) is -2.80. The van der Waals surface area contributed by atoms with Crippen molar-refractivity contribution in [3.63, 3.8) is 0 Å². The number of anilines is 1. The van der Waals surface area contributed by atoms with Crippen LogP contribution in [0.15, 0.2) is 35.6 Å². The molecule has 1 aromatic heterocycles. The van der Waals surface area contributed by atoms with Gasteiger partial charge in [-0.2, -0.15) is 18.3 Å². The van der Waals surface area contributed by atoms with E-state index in [2.05, 4.69) is 25.2 Å². The van der Waals surface area contributed by atoms with Gasteiger partial charge in [0.05, 0.1) is 13.3 Å². The second-order valence-corrected chi connectivity index (χ2v) is 4.81. The van der Waals surface area contributed by atoms with Gasteiger partial charge in [-0.3, -0.25) is 0 Å². The van der Waals surface area contributed by atoms with E-state index >= 15 is 0 Å². The van der Waals surface area contributed by atoms with Crippen molar-refractivity contribution in [1.82, 2.24) is 9.97 Å². The molecule has 0 aliphatic heterocycles. The van der Waals surface area contributed by atoms with Gasteiger partial charge in [-0.15, -0.1) is 0 Å². The lowest BCUT2D eigenvalue weighted by Crippen LogP contribution is -2.18. The first kappa shape index (κ1) is 17.7. The summed E-state index contributed by atoms with van der Waals surface area (Å²) in [6.45, 7) is 0. The Hall–Kier alpha value is -2.68. The van der Waals surface area contributed by atoms with Gasteiger partial charge in [-0.25, -0.2) is 20.2 Å². The van der Waals surface area contributed by atoms with Crippen LogP contribution in [0.4, 0.5) is 19.1 Å². The van der Waals surface area contributed by atoms with Gasteiger partial charge >= 0.3 is 12.1 Å². The van der Waals surface area contributed by atoms with Crippen molar-refractivity contribution in [1.29, 1.82) is 0 Å². The summed E-state index contributed by atoms with van der Waals surface area (Å²) in [5.41, 5.74) is 0.688. The summed E-state index contributed by atoms with van der Waals surface area (Å²) >= 11 is 5.80. The summed E-state index contributed by atoms with van der Waals surface area (Å²) in [5, 5.41) is 4.21. The SMILES string of the molecule is COC(=O)c1cnc(N/N=C/c2cccc(Cl)c2)nc1C(F)(F)F. The van der Waals surface area contributed by atoms with E-state index in [-0.39, 0.29) is 0 Å². The van der Waals surface area contributed by atoms with E-state index in [1.165, 1.54) is 6.21 Å². The highest BCUT2D eigenvalue weighted by molar-refractivity contribution is 6.30. The Labute approximate surface area is 139 Å². The average molecular weight is 359 g/mol. The van der Waals surface area contributed by atoms with Gasteiger partial charge in [0.1, 0.15) is 5.56 Å². The molecular weight excluding hydrogens is 349 g/mol.